The van der Waals surface area contributed by atoms with Crippen LogP contribution >= 0.6 is 15.9 Å². The normalized spacial score (nSPS) is 21.6. The van der Waals surface area contributed by atoms with E-state index in [1.807, 2.05) is 24.3 Å². The fraction of sp³-hybridized carbons (Fsp3) is 0.300. The maximum Gasteiger partial charge on any atom is 0.306 e. The van der Waals surface area contributed by atoms with Crippen LogP contribution in [0.15, 0.2) is 28.7 Å². The largest absolute Gasteiger partial charge is 0.457 e. The Labute approximate surface area is 85.0 Å². The number of hydrogen-bond acceptors (Lipinski definition) is 2. The number of halogens is 1. The minimum Gasteiger partial charge on any atom is -0.457 e. The zero-order valence-corrected chi connectivity index (χ0v) is 8.58. The highest BCUT2D eigenvalue weighted by atomic mass is 79.9. The second-order valence-electron chi connectivity index (χ2n) is 3.07. The standard InChI is InChI=1S/C10H9BrO2/c11-8-3-1-7(2-4-8)9-5-6-10(12)13-9/h1-4,9H,5-6H2/t9-/m0/s1. The SMILES string of the molecule is O=C1CC[C@@H](c2ccc(Br)cc2)O1. The number of cyclic esters (lactones) is 1. The van der Waals surface area contributed by atoms with Crippen LogP contribution < -0.4 is 0 Å². The molecule has 1 atom stereocenters. The van der Waals surface area contributed by atoms with Gasteiger partial charge in [-0.2, -0.15) is 0 Å². The van der Waals surface area contributed by atoms with E-state index < -0.39 is 0 Å². The minimum atomic E-state index is -0.0899. The summed E-state index contributed by atoms with van der Waals surface area (Å²) in [7, 11) is 0. The highest BCUT2D eigenvalue weighted by molar-refractivity contribution is 9.10. The third kappa shape index (κ3) is 1.91. The molecule has 2 nitrogen and oxygen atoms in total. The van der Waals surface area contributed by atoms with E-state index in [0.717, 1.165) is 16.5 Å². The minimum absolute atomic E-state index is 0.0272. The molecule has 1 aliphatic heterocycles. The molecule has 13 heavy (non-hydrogen) atoms. The molecule has 1 fully saturated rings. The number of carbonyl (C=O) groups is 1. The molecule has 1 aliphatic rings. The van der Waals surface area contributed by atoms with Gasteiger partial charge in [0.15, 0.2) is 0 Å². The highest BCUT2D eigenvalue weighted by Gasteiger charge is 2.24. The molecule has 0 unspecified atom stereocenters. The first kappa shape index (κ1) is 8.75. The Morgan fingerprint density at radius 1 is 1.31 bits per heavy atom. The topological polar surface area (TPSA) is 26.3 Å². The number of esters is 1. The van der Waals surface area contributed by atoms with Gasteiger partial charge in [-0.05, 0) is 24.1 Å². The molecule has 0 radical (unpaired) electrons. The summed E-state index contributed by atoms with van der Waals surface area (Å²) in [4.78, 5) is 10.9. The zero-order valence-electron chi connectivity index (χ0n) is 7.00. The van der Waals surface area contributed by atoms with Gasteiger partial charge in [0.2, 0.25) is 0 Å². The molecule has 1 heterocycles. The number of carbonyl (C=O) groups excluding carboxylic acids is 1. The first-order chi connectivity index (χ1) is 6.25. The number of benzene rings is 1. The molecule has 0 amide bonds. The molecular weight excluding hydrogens is 232 g/mol. The molecule has 1 aromatic rings. The van der Waals surface area contributed by atoms with E-state index in [0.29, 0.717) is 6.42 Å². The molecule has 3 heteroatoms. The summed E-state index contributed by atoms with van der Waals surface area (Å²) in [6, 6.07) is 7.88. The zero-order chi connectivity index (χ0) is 9.26. The molecule has 0 spiro atoms. The van der Waals surface area contributed by atoms with Gasteiger partial charge in [0.05, 0.1) is 0 Å². The van der Waals surface area contributed by atoms with E-state index in [-0.39, 0.29) is 12.1 Å². The van der Waals surface area contributed by atoms with Gasteiger partial charge in [0.25, 0.3) is 0 Å². The molecule has 1 aromatic carbocycles. The molecule has 2 rings (SSSR count). The van der Waals surface area contributed by atoms with Crippen molar-refractivity contribution < 1.29 is 9.53 Å². The van der Waals surface area contributed by atoms with Crippen LogP contribution in [0.5, 0.6) is 0 Å². The summed E-state index contributed by atoms with van der Waals surface area (Å²) in [6.45, 7) is 0. The van der Waals surface area contributed by atoms with Crippen LogP contribution in [-0.4, -0.2) is 5.97 Å². The molecule has 0 aromatic heterocycles. The predicted molar refractivity (Wildman–Crippen MR) is 52.2 cm³/mol. The first-order valence-corrected chi connectivity index (χ1v) is 5.00. The van der Waals surface area contributed by atoms with Gasteiger partial charge >= 0.3 is 5.97 Å². The summed E-state index contributed by atoms with van der Waals surface area (Å²) in [6.07, 6.45) is 1.32. The fourth-order valence-corrected chi connectivity index (χ4v) is 1.70. The summed E-state index contributed by atoms with van der Waals surface area (Å²) < 4.78 is 6.18. The second kappa shape index (κ2) is 3.50. The third-order valence-electron chi connectivity index (χ3n) is 2.13. The van der Waals surface area contributed by atoms with Crippen molar-refractivity contribution in [2.45, 2.75) is 18.9 Å². The monoisotopic (exact) mass is 240 g/mol. The van der Waals surface area contributed by atoms with Crippen LogP contribution in [0.4, 0.5) is 0 Å². The van der Waals surface area contributed by atoms with Crippen molar-refractivity contribution in [3.05, 3.63) is 34.3 Å². The lowest BCUT2D eigenvalue weighted by Gasteiger charge is -2.08. The van der Waals surface area contributed by atoms with Crippen LogP contribution in [-0.2, 0) is 9.53 Å². The van der Waals surface area contributed by atoms with Gasteiger partial charge in [-0.25, -0.2) is 0 Å². The predicted octanol–water partition coefficient (Wildman–Crippen LogP) is 2.83. The summed E-state index contributed by atoms with van der Waals surface area (Å²) >= 11 is 3.36. The van der Waals surface area contributed by atoms with Gasteiger partial charge in [0, 0.05) is 10.9 Å². The molecule has 0 aliphatic carbocycles. The van der Waals surface area contributed by atoms with E-state index in [1.54, 1.807) is 0 Å². The third-order valence-corrected chi connectivity index (χ3v) is 2.65. The van der Waals surface area contributed by atoms with Gasteiger partial charge in [0.1, 0.15) is 6.10 Å². The lowest BCUT2D eigenvalue weighted by Crippen LogP contribution is -1.97. The van der Waals surface area contributed by atoms with Crippen LogP contribution in [0.1, 0.15) is 24.5 Å². The van der Waals surface area contributed by atoms with Crippen LogP contribution in [0.25, 0.3) is 0 Å². The van der Waals surface area contributed by atoms with E-state index in [1.165, 1.54) is 0 Å². The maximum atomic E-state index is 10.9. The van der Waals surface area contributed by atoms with Crippen molar-refractivity contribution in [3.8, 4) is 0 Å². The van der Waals surface area contributed by atoms with Crippen LogP contribution in [0, 0.1) is 0 Å². The Hall–Kier alpha value is -0.830. The quantitative estimate of drug-likeness (QED) is 0.706. The van der Waals surface area contributed by atoms with Crippen molar-refractivity contribution in [2.24, 2.45) is 0 Å². The van der Waals surface area contributed by atoms with Crippen molar-refractivity contribution in [3.63, 3.8) is 0 Å². The van der Waals surface area contributed by atoms with E-state index in [4.69, 9.17) is 4.74 Å². The van der Waals surface area contributed by atoms with Crippen molar-refractivity contribution in [1.82, 2.24) is 0 Å². The Balaban J connectivity index is 2.17. The molecule has 0 bridgehead atoms. The summed E-state index contributed by atoms with van der Waals surface area (Å²) in [5.74, 6) is -0.0899. The Bertz CT molecular complexity index is 318. The second-order valence-corrected chi connectivity index (χ2v) is 3.98. The van der Waals surface area contributed by atoms with Crippen molar-refractivity contribution in [1.29, 1.82) is 0 Å². The van der Waals surface area contributed by atoms with Crippen molar-refractivity contribution in [2.75, 3.05) is 0 Å². The summed E-state index contributed by atoms with van der Waals surface area (Å²) in [5, 5.41) is 0. The van der Waals surface area contributed by atoms with Gasteiger partial charge in [-0.1, -0.05) is 28.1 Å². The van der Waals surface area contributed by atoms with E-state index >= 15 is 0 Å². The number of rotatable bonds is 1. The maximum absolute atomic E-state index is 10.9. The number of hydrogen-bond donors (Lipinski definition) is 0. The first-order valence-electron chi connectivity index (χ1n) is 4.20. The number of ether oxygens (including phenoxy) is 1. The summed E-state index contributed by atoms with van der Waals surface area (Å²) in [5.41, 5.74) is 1.08. The molecular formula is C10H9BrO2. The molecule has 0 N–H and O–H groups in total. The van der Waals surface area contributed by atoms with E-state index in [9.17, 15) is 4.79 Å². The van der Waals surface area contributed by atoms with Gasteiger partial charge < -0.3 is 4.74 Å². The fourth-order valence-electron chi connectivity index (χ4n) is 1.44. The lowest BCUT2D eigenvalue weighted by molar-refractivity contribution is -0.141. The average Bonchev–Trinajstić information content (AvgIpc) is 2.53. The van der Waals surface area contributed by atoms with Crippen LogP contribution in [0.3, 0.4) is 0 Å². The lowest BCUT2D eigenvalue weighted by atomic mass is 10.1. The van der Waals surface area contributed by atoms with Crippen molar-refractivity contribution >= 4 is 21.9 Å². The van der Waals surface area contributed by atoms with Gasteiger partial charge in [-0.15, -0.1) is 0 Å². The molecule has 0 saturated carbocycles. The Morgan fingerprint density at radius 2 is 2.00 bits per heavy atom. The highest BCUT2D eigenvalue weighted by Crippen LogP contribution is 2.29. The Morgan fingerprint density at radius 3 is 2.54 bits per heavy atom. The average molecular weight is 241 g/mol. The van der Waals surface area contributed by atoms with E-state index in [2.05, 4.69) is 15.9 Å². The Kier molecular flexibility index (Phi) is 2.36. The molecule has 1 saturated heterocycles. The van der Waals surface area contributed by atoms with Gasteiger partial charge in [-0.3, -0.25) is 4.79 Å². The smallest absolute Gasteiger partial charge is 0.306 e. The molecule has 68 valence electrons. The van der Waals surface area contributed by atoms with Crippen LogP contribution in [0.2, 0.25) is 0 Å².